The Morgan fingerprint density at radius 3 is 2.90 bits per heavy atom. The summed E-state index contributed by atoms with van der Waals surface area (Å²) in [5.74, 6) is 5.61. The molecule has 8 heteroatoms. The van der Waals surface area contributed by atoms with Crippen LogP contribution in [0.15, 0.2) is 16.5 Å². The quantitative estimate of drug-likeness (QED) is 0.294. The molecule has 0 spiro atoms. The average Bonchev–Trinajstić information content (AvgIpc) is 2.81. The standard InChI is InChI=1S/C12H16N4O2S2/c1-12(2,3)18-8(17)6-20-10-7-4-5-19-9(7)14-11(15-10)16-13/h4-5H,6,13H2,1-3H3,(H,14,15,16). The number of nitrogens with two attached hydrogens (primary N) is 1. The summed E-state index contributed by atoms with van der Waals surface area (Å²) >= 11 is 2.82. The average molecular weight is 312 g/mol. The van der Waals surface area contributed by atoms with E-state index in [0.717, 1.165) is 15.2 Å². The lowest BCUT2D eigenvalue weighted by atomic mass is 10.2. The van der Waals surface area contributed by atoms with Gasteiger partial charge in [-0.2, -0.15) is 0 Å². The van der Waals surface area contributed by atoms with Crippen LogP contribution in [-0.4, -0.2) is 27.3 Å². The maximum atomic E-state index is 11.7. The molecule has 2 aromatic rings. The number of thioether (sulfide) groups is 1. The predicted molar refractivity (Wildman–Crippen MR) is 81.8 cm³/mol. The van der Waals surface area contributed by atoms with Gasteiger partial charge < -0.3 is 4.74 Å². The summed E-state index contributed by atoms with van der Waals surface area (Å²) in [5, 5.41) is 3.56. The van der Waals surface area contributed by atoms with E-state index in [0.29, 0.717) is 5.95 Å². The monoisotopic (exact) mass is 312 g/mol. The van der Waals surface area contributed by atoms with E-state index in [1.807, 2.05) is 32.2 Å². The van der Waals surface area contributed by atoms with E-state index >= 15 is 0 Å². The molecule has 6 nitrogen and oxygen atoms in total. The number of aromatic nitrogens is 2. The van der Waals surface area contributed by atoms with E-state index in [4.69, 9.17) is 10.6 Å². The van der Waals surface area contributed by atoms with Crippen LogP contribution in [0.2, 0.25) is 0 Å². The van der Waals surface area contributed by atoms with Gasteiger partial charge in [0.15, 0.2) is 0 Å². The lowest BCUT2D eigenvalue weighted by Crippen LogP contribution is -2.24. The van der Waals surface area contributed by atoms with Crippen molar-refractivity contribution in [1.82, 2.24) is 9.97 Å². The third-order valence-corrected chi connectivity index (χ3v) is 3.94. The third kappa shape index (κ3) is 3.81. The van der Waals surface area contributed by atoms with Crippen molar-refractivity contribution in [2.24, 2.45) is 5.84 Å². The van der Waals surface area contributed by atoms with Crippen LogP contribution in [0.25, 0.3) is 10.2 Å². The number of rotatable bonds is 4. The topological polar surface area (TPSA) is 90.1 Å². The molecule has 0 saturated heterocycles. The Labute approximate surface area is 125 Å². The van der Waals surface area contributed by atoms with Gasteiger partial charge in [-0.05, 0) is 32.2 Å². The highest BCUT2D eigenvalue weighted by Crippen LogP contribution is 2.29. The van der Waals surface area contributed by atoms with Crippen molar-refractivity contribution in [3.8, 4) is 0 Å². The van der Waals surface area contributed by atoms with Crippen LogP contribution in [0.4, 0.5) is 5.95 Å². The number of nitrogens with one attached hydrogen (secondary N) is 1. The summed E-state index contributed by atoms with van der Waals surface area (Å²) in [7, 11) is 0. The number of thiophene rings is 1. The van der Waals surface area contributed by atoms with Gasteiger partial charge in [-0.25, -0.2) is 15.8 Å². The van der Waals surface area contributed by atoms with E-state index in [1.54, 1.807) is 0 Å². The molecule has 0 bridgehead atoms. The van der Waals surface area contributed by atoms with Gasteiger partial charge in [0.25, 0.3) is 0 Å². The first-order valence-electron chi connectivity index (χ1n) is 5.95. The molecule has 0 saturated carbocycles. The minimum absolute atomic E-state index is 0.198. The molecule has 0 fully saturated rings. The van der Waals surface area contributed by atoms with Crippen molar-refractivity contribution in [2.45, 2.75) is 31.4 Å². The number of esters is 1. The Kier molecular flexibility index (Phi) is 4.46. The van der Waals surface area contributed by atoms with Crippen molar-refractivity contribution in [3.05, 3.63) is 11.4 Å². The van der Waals surface area contributed by atoms with Gasteiger partial charge in [-0.3, -0.25) is 10.2 Å². The van der Waals surface area contributed by atoms with Crippen LogP contribution in [0, 0.1) is 0 Å². The SMILES string of the molecule is CC(C)(C)OC(=O)CSc1nc(NN)nc2sccc12. The first-order chi connectivity index (χ1) is 9.39. The molecule has 0 aliphatic heterocycles. The number of nitrogen functional groups attached to an aromatic ring is 1. The smallest absolute Gasteiger partial charge is 0.316 e. The molecule has 0 aromatic carbocycles. The third-order valence-electron chi connectivity index (χ3n) is 2.17. The second-order valence-corrected chi connectivity index (χ2v) is 6.87. The molecule has 0 unspecified atom stereocenters. The summed E-state index contributed by atoms with van der Waals surface area (Å²) in [6, 6.07) is 1.93. The Morgan fingerprint density at radius 2 is 2.25 bits per heavy atom. The maximum absolute atomic E-state index is 11.7. The first kappa shape index (κ1) is 15.0. The molecule has 2 heterocycles. The van der Waals surface area contributed by atoms with Crippen LogP contribution in [0.5, 0.6) is 0 Å². The number of carbonyl (C=O) groups excluding carboxylic acids is 1. The van der Waals surface area contributed by atoms with Gasteiger partial charge in [0.2, 0.25) is 5.95 Å². The molecule has 108 valence electrons. The van der Waals surface area contributed by atoms with Crippen LogP contribution in [0.1, 0.15) is 20.8 Å². The summed E-state index contributed by atoms with van der Waals surface area (Å²) < 4.78 is 5.27. The Balaban J connectivity index is 2.13. The van der Waals surface area contributed by atoms with Crippen molar-refractivity contribution >= 4 is 45.2 Å². The number of ether oxygens (including phenoxy) is 1. The minimum Gasteiger partial charge on any atom is -0.459 e. The number of hydrazine groups is 1. The lowest BCUT2D eigenvalue weighted by molar-refractivity contribution is -0.151. The number of hydrogen-bond donors (Lipinski definition) is 2. The fourth-order valence-electron chi connectivity index (χ4n) is 1.50. The number of anilines is 1. The Hall–Kier alpha value is -1.38. The van der Waals surface area contributed by atoms with Crippen molar-refractivity contribution in [1.29, 1.82) is 0 Å². The number of nitrogens with zero attached hydrogens (tertiary/aromatic N) is 2. The molecule has 0 radical (unpaired) electrons. The molecule has 20 heavy (non-hydrogen) atoms. The molecule has 0 amide bonds. The fourth-order valence-corrected chi connectivity index (χ4v) is 3.11. The second kappa shape index (κ2) is 5.94. The molecular weight excluding hydrogens is 296 g/mol. The highest BCUT2D eigenvalue weighted by atomic mass is 32.2. The fraction of sp³-hybridized carbons (Fsp3) is 0.417. The van der Waals surface area contributed by atoms with Gasteiger partial charge in [-0.15, -0.1) is 11.3 Å². The van der Waals surface area contributed by atoms with Gasteiger partial charge >= 0.3 is 5.97 Å². The van der Waals surface area contributed by atoms with Gasteiger partial charge in [0.05, 0.1) is 5.75 Å². The summed E-state index contributed by atoms with van der Waals surface area (Å²) in [6.07, 6.45) is 0. The Bertz CT molecular complexity index is 621. The van der Waals surface area contributed by atoms with E-state index in [1.165, 1.54) is 23.1 Å². The van der Waals surface area contributed by atoms with Gasteiger partial charge in [0, 0.05) is 5.39 Å². The Morgan fingerprint density at radius 1 is 1.50 bits per heavy atom. The van der Waals surface area contributed by atoms with E-state index in [-0.39, 0.29) is 11.7 Å². The first-order valence-corrected chi connectivity index (χ1v) is 7.82. The summed E-state index contributed by atoms with van der Waals surface area (Å²) in [5.41, 5.74) is 1.95. The highest BCUT2D eigenvalue weighted by molar-refractivity contribution is 8.00. The van der Waals surface area contributed by atoms with Gasteiger partial charge in [0.1, 0.15) is 15.5 Å². The molecule has 0 aliphatic carbocycles. The second-order valence-electron chi connectivity index (χ2n) is 5.01. The van der Waals surface area contributed by atoms with Crippen molar-refractivity contribution in [2.75, 3.05) is 11.2 Å². The zero-order valence-electron chi connectivity index (χ0n) is 11.5. The lowest BCUT2D eigenvalue weighted by Gasteiger charge is -2.19. The number of carbonyl (C=O) groups is 1. The molecule has 0 atom stereocenters. The maximum Gasteiger partial charge on any atom is 0.316 e. The molecule has 2 aromatic heterocycles. The number of fused-ring (bicyclic) bond motifs is 1. The van der Waals surface area contributed by atoms with Crippen molar-refractivity contribution < 1.29 is 9.53 Å². The van der Waals surface area contributed by atoms with Crippen LogP contribution < -0.4 is 11.3 Å². The van der Waals surface area contributed by atoms with Gasteiger partial charge in [-0.1, -0.05) is 11.8 Å². The normalized spacial score (nSPS) is 11.6. The molecule has 0 aliphatic rings. The van der Waals surface area contributed by atoms with E-state index < -0.39 is 5.60 Å². The van der Waals surface area contributed by atoms with Crippen LogP contribution in [0.3, 0.4) is 0 Å². The predicted octanol–water partition coefficient (Wildman–Crippen LogP) is 2.41. The van der Waals surface area contributed by atoms with Crippen LogP contribution >= 0.6 is 23.1 Å². The largest absolute Gasteiger partial charge is 0.459 e. The molecule has 2 rings (SSSR count). The summed E-state index contributed by atoms with van der Waals surface area (Å²) in [4.78, 5) is 21.1. The highest BCUT2D eigenvalue weighted by Gasteiger charge is 2.17. The summed E-state index contributed by atoms with van der Waals surface area (Å²) in [6.45, 7) is 5.52. The zero-order valence-corrected chi connectivity index (χ0v) is 13.1. The molecular formula is C12H16N4O2S2. The van der Waals surface area contributed by atoms with E-state index in [9.17, 15) is 4.79 Å². The zero-order chi connectivity index (χ0) is 14.8. The van der Waals surface area contributed by atoms with Crippen LogP contribution in [-0.2, 0) is 9.53 Å². The number of hydrogen-bond acceptors (Lipinski definition) is 8. The molecule has 3 N–H and O–H groups in total. The van der Waals surface area contributed by atoms with Crippen molar-refractivity contribution in [3.63, 3.8) is 0 Å². The van der Waals surface area contributed by atoms with E-state index in [2.05, 4.69) is 15.4 Å². The minimum atomic E-state index is -0.481.